The Labute approximate surface area is 138 Å². The number of rotatable bonds is 5. The molecule has 0 aromatic heterocycles. The lowest BCUT2D eigenvalue weighted by atomic mass is 9.90. The monoisotopic (exact) mass is 336 g/mol. The Balaban J connectivity index is 1.61. The molecule has 0 spiro atoms. The van der Waals surface area contributed by atoms with E-state index >= 15 is 0 Å². The van der Waals surface area contributed by atoms with E-state index < -0.39 is 10.0 Å². The zero-order valence-corrected chi connectivity index (χ0v) is 14.3. The van der Waals surface area contributed by atoms with Gasteiger partial charge < -0.3 is 9.64 Å². The SMILES string of the molecule is COCCN1c2ccccc2[C@H]2CN(S(=O)(=O)C3CC3)CC[C@@H]21. The Hall–Kier alpha value is -1.11. The first-order chi connectivity index (χ1) is 11.1. The van der Waals surface area contributed by atoms with Crippen molar-refractivity contribution in [3.05, 3.63) is 29.8 Å². The van der Waals surface area contributed by atoms with Crippen LogP contribution in [0.25, 0.3) is 0 Å². The Morgan fingerprint density at radius 1 is 1.22 bits per heavy atom. The van der Waals surface area contributed by atoms with E-state index in [1.54, 1.807) is 11.4 Å². The molecule has 126 valence electrons. The molecule has 1 saturated carbocycles. The van der Waals surface area contributed by atoms with Crippen LogP contribution in [0.3, 0.4) is 0 Å². The molecule has 0 unspecified atom stereocenters. The lowest BCUT2D eigenvalue weighted by Crippen LogP contribution is -2.49. The Bertz CT molecular complexity index is 687. The molecule has 0 bridgehead atoms. The molecule has 4 rings (SSSR count). The second kappa shape index (κ2) is 5.76. The van der Waals surface area contributed by atoms with Crippen molar-refractivity contribution in [2.24, 2.45) is 0 Å². The second-order valence-corrected chi connectivity index (χ2v) is 9.02. The second-order valence-electron chi connectivity index (χ2n) is 6.81. The number of nitrogens with zero attached hydrogens (tertiary/aromatic N) is 2. The predicted octanol–water partition coefficient (Wildman–Crippen LogP) is 1.80. The lowest BCUT2D eigenvalue weighted by molar-refractivity contribution is 0.199. The molecule has 23 heavy (non-hydrogen) atoms. The van der Waals surface area contributed by atoms with E-state index in [4.69, 9.17) is 4.74 Å². The third-order valence-electron chi connectivity index (χ3n) is 5.43. The molecule has 2 fully saturated rings. The van der Waals surface area contributed by atoms with Gasteiger partial charge in [-0.2, -0.15) is 0 Å². The van der Waals surface area contributed by atoms with Gasteiger partial charge in [-0.15, -0.1) is 0 Å². The third kappa shape index (κ3) is 2.57. The smallest absolute Gasteiger partial charge is 0.217 e. The zero-order valence-electron chi connectivity index (χ0n) is 13.5. The van der Waals surface area contributed by atoms with Crippen LogP contribution in [0.4, 0.5) is 5.69 Å². The molecule has 1 aromatic rings. The number of fused-ring (bicyclic) bond motifs is 3. The summed E-state index contributed by atoms with van der Waals surface area (Å²) in [5.41, 5.74) is 2.55. The van der Waals surface area contributed by atoms with Crippen LogP contribution in [0.1, 0.15) is 30.7 Å². The zero-order chi connectivity index (χ0) is 16.0. The Morgan fingerprint density at radius 2 is 2.00 bits per heavy atom. The molecular weight excluding hydrogens is 312 g/mol. The molecule has 0 N–H and O–H groups in total. The van der Waals surface area contributed by atoms with Gasteiger partial charge in [0.1, 0.15) is 0 Å². The van der Waals surface area contributed by atoms with Gasteiger partial charge in [0.15, 0.2) is 0 Å². The number of piperidine rings is 1. The Kier molecular flexibility index (Phi) is 3.86. The van der Waals surface area contributed by atoms with Crippen LogP contribution in [-0.2, 0) is 14.8 Å². The molecule has 1 aromatic carbocycles. The van der Waals surface area contributed by atoms with Crippen molar-refractivity contribution in [1.82, 2.24) is 4.31 Å². The molecule has 2 aliphatic heterocycles. The van der Waals surface area contributed by atoms with Gasteiger partial charge in [0.2, 0.25) is 10.0 Å². The van der Waals surface area contributed by atoms with Crippen molar-refractivity contribution in [2.75, 3.05) is 38.3 Å². The number of hydrogen-bond donors (Lipinski definition) is 0. The first-order valence-electron chi connectivity index (χ1n) is 8.46. The van der Waals surface area contributed by atoms with E-state index in [0.717, 1.165) is 25.8 Å². The Morgan fingerprint density at radius 3 is 2.74 bits per heavy atom. The van der Waals surface area contributed by atoms with Crippen LogP contribution >= 0.6 is 0 Å². The minimum atomic E-state index is -3.07. The van der Waals surface area contributed by atoms with Gasteiger partial charge >= 0.3 is 0 Å². The molecule has 1 saturated heterocycles. The topological polar surface area (TPSA) is 49.9 Å². The number of ether oxygens (including phenoxy) is 1. The maximum atomic E-state index is 12.6. The van der Waals surface area contributed by atoms with E-state index in [0.29, 0.717) is 25.7 Å². The van der Waals surface area contributed by atoms with Gasteiger partial charge in [-0.1, -0.05) is 18.2 Å². The highest BCUT2D eigenvalue weighted by Crippen LogP contribution is 2.45. The van der Waals surface area contributed by atoms with Gasteiger partial charge in [0.25, 0.3) is 0 Å². The van der Waals surface area contributed by atoms with Crippen LogP contribution in [0.15, 0.2) is 24.3 Å². The van der Waals surface area contributed by atoms with Gasteiger partial charge in [0, 0.05) is 44.4 Å². The standard InChI is InChI=1S/C17H24N2O3S/c1-22-11-10-19-16-5-3-2-4-14(16)15-12-18(9-8-17(15)19)23(20,21)13-6-7-13/h2-5,13,15,17H,6-12H2,1H3/t15-,17+/m1/s1. The number of benzene rings is 1. The van der Waals surface area contributed by atoms with Crippen molar-refractivity contribution in [2.45, 2.75) is 36.5 Å². The average molecular weight is 336 g/mol. The lowest BCUT2D eigenvalue weighted by Gasteiger charge is -2.38. The van der Waals surface area contributed by atoms with Gasteiger partial charge in [-0.25, -0.2) is 12.7 Å². The summed E-state index contributed by atoms with van der Waals surface area (Å²) in [6.07, 6.45) is 2.57. The summed E-state index contributed by atoms with van der Waals surface area (Å²) in [7, 11) is -1.35. The molecule has 5 nitrogen and oxygen atoms in total. The van der Waals surface area contributed by atoms with E-state index in [2.05, 4.69) is 29.2 Å². The fraction of sp³-hybridized carbons (Fsp3) is 0.647. The molecule has 2 heterocycles. The number of hydrogen-bond acceptors (Lipinski definition) is 4. The van der Waals surface area contributed by atoms with Crippen LogP contribution in [-0.4, -0.2) is 57.4 Å². The molecule has 0 amide bonds. The minimum Gasteiger partial charge on any atom is -0.383 e. The summed E-state index contributed by atoms with van der Waals surface area (Å²) in [5, 5.41) is -0.111. The maximum Gasteiger partial charge on any atom is 0.217 e. The fourth-order valence-electron chi connectivity index (χ4n) is 4.11. The number of sulfonamides is 1. The molecular formula is C17H24N2O3S. The van der Waals surface area contributed by atoms with Crippen molar-refractivity contribution < 1.29 is 13.2 Å². The van der Waals surface area contributed by atoms with E-state index in [1.807, 2.05) is 0 Å². The highest BCUT2D eigenvalue weighted by Gasteiger charge is 2.47. The first-order valence-corrected chi connectivity index (χ1v) is 9.96. The quantitative estimate of drug-likeness (QED) is 0.823. The van der Waals surface area contributed by atoms with E-state index in [9.17, 15) is 8.42 Å². The normalized spacial score (nSPS) is 27.8. The van der Waals surface area contributed by atoms with E-state index in [-0.39, 0.29) is 11.2 Å². The highest BCUT2D eigenvalue weighted by molar-refractivity contribution is 7.90. The molecule has 1 aliphatic carbocycles. The van der Waals surface area contributed by atoms with Gasteiger partial charge in [0.05, 0.1) is 11.9 Å². The number of anilines is 1. The summed E-state index contributed by atoms with van der Waals surface area (Å²) in [6, 6.07) is 8.84. The largest absolute Gasteiger partial charge is 0.383 e. The van der Waals surface area contributed by atoms with Gasteiger partial charge in [-0.3, -0.25) is 0 Å². The third-order valence-corrected chi connectivity index (χ3v) is 7.79. The fourth-order valence-corrected chi connectivity index (χ4v) is 6.00. The van der Waals surface area contributed by atoms with Crippen LogP contribution in [0.2, 0.25) is 0 Å². The van der Waals surface area contributed by atoms with Crippen LogP contribution in [0, 0.1) is 0 Å². The van der Waals surface area contributed by atoms with Crippen molar-refractivity contribution in [1.29, 1.82) is 0 Å². The summed E-state index contributed by atoms with van der Waals surface area (Å²) >= 11 is 0. The maximum absolute atomic E-state index is 12.6. The highest BCUT2D eigenvalue weighted by atomic mass is 32.2. The first kappa shape index (κ1) is 15.4. The van der Waals surface area contributed by atoms with Crippen molar-refractivity contribution in [3.63, 3.8) is 0 Å². The summed E-state index contributed by atoms with van der Waals surface area (Å²) < 4.78 is 32.2. The van der Waals surface area contributed by atoms with Crippen LogP contribution < -0.4 is 4.90 Å². The van der Waals surface area contributed by atoms with Gasteiger partial charge in [-0.05, 0) is 30.9 Å². The molecule has 2 atom stereocenters. The van der Waals surface area contributed by atoms with Crippen LogP contribution in [0.5, 0.6) is 0 Å². The molecule has 6 heteroatoms. The van der Waals surface area contributed by atoms with E-state index in [1.165, 1.54) is 11.3 Å². The molecule has 0 radical (unpaired) electrons. The number of para-hydroxylation sites is 1. The number of methoxy groups -OCH3 is 1. The summed E-state index contributed by atoms with van der Waals surface area (Å²) in [5.74, 6) is 0.283. The summed E-state index contributed by atoms with van der Waals surface area (Å²) in [6.45, 7) is 2.84. The van der Waals surface area contributed by atoms with Crippen molar-refractivity contribution in [3.8, 4) is 0 Å². The van der Waals surface area contributed by atoms with Crippen molar-refractivity contribution >= 4 is 15.7 Å². The average Bonchev–Trinajstić information content (AvgIpc) is 3.37. The summed E-state index contributed by atoms with van der Waals surface area (Å²) in [4.78, 5) is 2.42. The predicted molar refractivity (Wildman–Crippen MR) is 90.3 cm³/mol. The minimum absolute atomic E-state index is 0.111. The molecule has 3 aliphatic rings.